The van der Waals surface area contributed by atoms with Gasteiger partial charge in [0.2, 0.25) is 0 Å². The molecule has 2 aliphatic carbocycles. The fourth-order valence-corrected chi connectivity index (χ4v) is 5.03. The van der Waals surface area contributed by atoms with E-state index in [1.807, 2.05) is 72.8 Å². The first-order chi connectivity index (χ1) is 18.8. The summed E-state index contributed by atoms with van der Waals surface area (Å²) in [6, 6.07) is 15.2. The molecule has 7 nitrogen and oxygen atoms in total. The van der Waals surface area contributed by atoms with Crippen LogP contribution in [0.2, 0.25) is 0 Å². The van der Waals surface area contributed by atoms with E-state index in [0.29, 0.717) is 24.0 Å². The Morgan fingerprint density at radius 1 is 0.615 bits per heavy atom. The molecule has 0 bridgehead atoms. The second-order valence-electron chi connectivity index (χ2n) is 9.47. The Morgan fingerprint density at radius 3 is 1.44 bits per heavy atom. The van der Waals surface area contributed by atoms with Crippen LogP contribution >= 0.6 is 0 Å². The molecule has 0 spiro atoms. The number of esters is 2. The van der Waals surface area contributed by atoms with Crippen molar-refractivity contribution in [2.75, 3.05) is 0 Å². The number of benzene rings is 2. The molecule has 0 fully saturated rings. The molecule has 4 rings (SSSR count). The van der Waals surface area contributed by atoms with Crippen LogP contribution in [0.15, 0.2) is 71.8 Å². The van der Waals surface area contributed by atoms with Gasteiger partial charge in [0.25, 0.3) is 0 Å². The van der Waals surface area contributed by atoms with Crippen LogP contribution in [0.3, 0.4) is 0 Å². The minimum Gasteiger partial charge on any atom is -0.481 e. The number of carboxylic acid groups (broad SMARTS) is 2. The second kappa shape index (κ2) is 12.8. The van der Waals surface area contributed by atoms with E-state index >= 15 is 0 Å². The molecular weight excluding hydrogens is 496 g/mol. The van der Waals surface area contributed by atoms with E-state index in [9.17, 15) is 19.2 Å². The lowest BCUT2D eigenvalue weighted by Gasteiger charge is -2.20. The molecule has 7 heteroatoms. The first-order valence-electron chi connectivity index (χ1n) is 13.0. The number of carbonyl (C=O) groups is 4. The number of aliphatic carboxylic acids is 2. The van der Waals surface area contributed by atoms with Gasteiger partial charge in [0.05, 0.1) is 0 Å². The summed E-state index contributed by atoms with van der Waals surface area (Å²) in [7, 11) is 0. The maximum atomic E-state index is 13.6. The third-order valence-electron chi connectivity index (χ3n) is 6.85. The number of hydrogen-bond acceptors (Lipinski definition) is 5. The normalized spacial score (nSPS) is 16.1. The largest absolute Gasteiger partial charge is 0.481 e. The lowest BCUT2D eigenvalue weighted by atomic mass is 9.87. The van der Waals surface area contributed by atoms with Crippen LogP contribution in [0.4, 0.5) is 0 Å². The molecule has 39 heavy (non-hydrogen) atoms. The molecule has 0 aromatic heterocycles. The van der Waals surface area contributed by atoms with E-state index in [0.717, 1.165) is 22.3 Å². The number of carbonyl (C=O) groups excluding carboxylic acids is 2. The summed E-state index contributed by atoms with van der Waals surface area (Å²) in [4.78, 5) is 49.4. The van der Waals surface area contributed by atoms with Crippen molar-refractivity contribution in [3.8, 4) is 0 Å². The lowest BCUT2D eigenvalue weighted by Crippen LogP contribution is -2.19. The maximum absolute atomic E-state index is 13.6. The number of carboxylic acids is 2. The molecule has 200 valence electrons. The van der Waals surface area contributed by atoms with Gasteiger partial charge in [-0.1, -0.05) is 72.8 Å². The molecule has 0 amide bonds. The lowest BCUT2D eigenvalue weighted by molar-refractivity contribution is -0.154. The quantitative estimate of drug-likeness (QED) is 0.212. The van der Waals surface area contributed by atoms with Crippen molar-refractivity contribution in [3.05, 3.63) is 94.1 Å². The smallest absolute Gasteiger partial charge is 0.342 e. The minimum atomic E-state index is -0.970. The molecule has 2 aliphatic rings. The van der Waals surface area contributed by atoms with E-state index in [1.165, 1.54) is 0 Å². The maximum Gasteiger partial charge on any atom is 0.342 e. The van der Waals surface area contributed by atoms with Gasteiger partial charge in [0, 0.05) is 24.0 Å². The van der Waals surface area contributed by atoms with Crippen LogP contribution in [0.1, 0.15) is 73.6 Å². The van der Waals surface area contributed by atoms with Crippen LogP contribution in [-0.4, -0.2) is 34.1 Å². The molecule has 2 aromatic rings. The van der Waals surface area contributed by atoms with E-state index in [2.05, 4.69) is 0 Å². The topological polar surface area (TPSA) is 118 Å². The molecule has 0 aliphatic heterocycles. The molecule has 0 radical (unpaired) electrons. The molecule has 0 saturated carbocycles. The van der Waals surface area contributed by atoms with Gasteiger partial charge >= 0.3 is 23.9 Å². The Labute approximate surface area is 226 Å². The van der Waals surface area contributed by atoms with E-state index in [-0.39, 0.29) is 49.7 Å². The Bertz CT molecular complexity index is 1310. The van der Waals surface area contributed by atoms with Crippen LogP contribution in [0.25, 0.3) is 23.3 Å². The third kappa shape index (κ3) is 6.87. The Morgan fingerprint density at radius 2 is 1.03 bits per heavy atom. The summed E-state index contributed by atoms with van der Waals surface area (Å²) < 4.78 is 5.49. The molecular formula is C32H30O7. The van der Waals surface area contributed by atoms with Crippen molar-refractivity contribution in [1.82, 2.24) is 0 Å². The highest BCUT2D eigenvalue weighted by atomic mass is 16.6. The van der Waals surface area contributed by atoms with Crippen LogP contribution in [0, 0.1) is 0 Å². The summed E-state index contributed by atoms with van der Waals surface area (Å²) in [6.45, 7) is 0. The zero-order valence-corrected chi connectivity index (χ0v) is 21.5. The molecule has 0 unspecified atom stereocenters. The zero-order chi connectivity index (χ0) is 27.8. The van der Waals surface area contributed by atoms with E-state index < -0.39 is 23.9 Å². The predicted molar refractivity (Wildman–Crippen MR) is 148 cm³/mol. The van der Waals surface area contributed by atoms with Crippen molar-refractivity contribution >= 4 is 47.2 Å². The van der Waals surface area contributed by atoms with Crippen molar-refractivity contribution in [2.24, 2.45) is 0 Å². The average molecular weight is 527 g/mol. The third-order valence-corrected chi connectivity index (χ3v) is 6.85. The molecule has 0 saturated heterocycles. The monoisotopic (exact) mass is 526 g/mol. The van der Waals surface area contributed by atoms with Crippen molar-refractivity contribution in [2.45, 2.75) is 51.4 Å². The van der Waals surface area contributed by atoms with Gasteiger partial charge in [-0.05, 0) is 71.9 Å². The Hall–Kier alpha value is -4.52. The van der Waals surface area contributed by atoms with Gasteiger partial charge in [0.15, 0.2) is 0 Å². The molecule has 0 heterocycles. The van der Waals surface area contributed by atoms with Crippen LogP contribution in [0.5, 0.6) is 0 Å². The highest BCUT2D eigenvalue weighted by molar-refractivity contribution is 6.09. The predicted octanol–water partition coefficient (Wildman–Crippen LogP) is 6.31. The van der Waals surface area contributed by atoms with E-state index in [1.54, 1.807) is 0 Å². The molecule has 2 N–H and O–H groups in total. The summed E-state index contributed by atoms with van der Waals surface area (Å²) >= 11 is 0. The summed E-state index contributed by atoms with van der Waals surface area (Å²) in [5.41, 5.74) is 5.53. The average Bonchev–Trinajstić information content (AvgIpc) is 2.92. The van der Waals surface area contributed by atoms with Gasteiger partial charge in [0.1, 0.15) is 0 Å². The summed E-state index contributed by atoms with van der Waals surface area (Å²) in [5.74, 6) is -3.55. The van der Waals surface area contributed by atoms with Gasteiger partial charge in [-0.2, -0.15) is 0 Å². The standard InChI is InChI=1S/C32H30O7/c33-29(34)19-7-17-27(25-15-5-11-21-9-1-3-13-23(21)25)31(37)39-32(38)28(18-8-20-30(35)36)26-16-6-12-22-10-2-4-14-24(22)26/h1-6,9-14H,7-8,15-20H2,(H,33,34)(H,35,36)/b27-25-,28-26-. The number of hydrogen-bond donors (Lipinski definition) is 2. The van der Waals surface area contributed by atoms with Crippen molar-refractivity contribution < 1.29 is 34.1 Å². The SMILES string of the molecule is O=C(O)CCC/C(C(=O)OC(=O)/C(CCCC(=O)O)=C1/CC=Cc2ccccc21)=C1\CC=Cc2ccccc21. The minimum absolute atomic E-state index is 0.122. The Balaban J connectivity index is 1.68. The van der Waals surface area contributed by atoms with Crippen LogP contribution in [-0.2, 0) is 23.9 Å². The second-order valence-corrected chi connectivity index (χ2v) is 9.47. The summed E-state index contributed by atoms with van der Waals surface area (Å²) in [6.07, 6.45) is 9.16. The van der Waals surface area contributed by atoms with Gasteiger partial charge in [-0.25, -0.2) is 9.59 Å². The summed E-state index contributed by atoms with van der Waals surface area (Å²) in [5, 5.41) is 18.3. The number of allylic oxidation sites excluding steroid dienone is 4. The zero-order valence-electron chi connectivity index (χ0n) is 21.5. The fraction of sp³-hybridized carbons (Fsp3) is 0.250. The van der Waals surface area contributed by atoms with Crippen molar-refractivity contribution in [3.63, 3.8) is 0 Å². The highest BCUT2D eigenvalue weighted by Crippen LogP contribution is 2.36. The number of rotatable bonds is 10. The van der Waals surface area contributed by atoms with Gasteiger partial charge in [-0.3, -0.25) is 9.59 Å². The fourth-order valence-electron chi connectivity index (χ4n) is 5.03. The van der Waals surface area contributed by atoms with Crippen LogP contribution < -0.4 is 0 Å². The first kappa shape index (κ1) is 27.5. The highest BCUT2D eigenvalue weighted by Gasteiger charge is 2.27. The first-order valence-corrected chi connectivity index (χ1v) is 13.0. The van der Waals surface area contributed by atoms with Crippen molar-refractivity contribution in [1.29, 1.82) is 0 Å². The van der Waals surface area contributed by atoms with Gasteiger partial charge in [-0.15, -0.1) is 0 Å². The Kier molecular flexibility index (Phi) is 9.05. The number of fused-ring (bicyclic) bond motifs is 2. The molecule has 0 atom stereocenters. The van der Waals surface area contributed by atoms with E-state index in [4.69, 9.17) is 14.9 Å². The van der Waals surface area contributed by atoms with Gasteiger partial charge < -0.3 is 14.9 Å². The molecule has 2 aromatic carbocycles. The number of ether oxygens (including phenoxy) is 1.